The minimum absolute atomic E-state index is 0.366. The van der Waals surface area contributed by atoms with Crippen molar-refractivity contribution in [3.63, 3.8) is 0 Å². The zero-order valence-corrected chi connectivity index (χ0v) is 14.0. The summed E-state index contributed by atoms with van der Waals surface area (Å²) in [6.45, 7) is 6.10. The fourth-order valence-corrected chi connectivity index (χ4v) is 2.61. The Morgan fingerprint density at radius 1 is 1.12 bits per heavy atom. The third-order valence-electron chi connectivity index (χ3n) is 4.46. The van der Waals surface area contributed by atoms with Crippen LogP contribution in [0.25, 0.3) is 0 Å². The van der Waals surface area contributed by atoms with Gasteiger partial charge in [0.25, 0.3) is 0 Å². The van der Waals surface area contributed by atoms with Crippen LogP contribution in [0, 0.1) is 28.8 Å². The molecule has 1 aliphatic heterocycles. The topological polar surface area (TPSA) is 49.4 Å². The van der Waals surface area contributed by atoms with Crippen molar-refractivity contribution in [2.24, 2.45) is 11.3 Å². The first-order chi connectivity index (χ1) is 11.1. The molecule has 0 saturated carbocycles. The third kappa shape index (κ3) is 3.55. The van der Waals surface area contributed by atoms with Crippen molar-refractivity contribution in [3.8, 4) is 0 Å². The van der Waals surface area contributed by atoms with E-state index >= 15 is 0 Å². The molecule has 2 amide bonds. The molecule has 0 spiro atoms. The Balaban J connectivity index is 2.13. The van der Waals surface area contributed by atoms with Gasteiger partial charge in [0.15, 0.2) is 17.5 Å². The van der Waals surface area contributed by atoms with Gasteiger partial charge in [-0.1, -0.05) is 6.92 Å². The van der Waals surface area contributed by atoms with Gasteiger partial charge in [0.2, 0.25) is 11.8 Å². The number of hydrogen-bond donors (Lipinski definition) is 1. The summed E-state index contributed by atoms with van der Waals surface area (Å²) in [6, 6.07) is 1.64. The number of halogens is 3. The van der Waals surface area contributed by atoms with Crippen LogP contribution in [0.1, 0.15) is 33.6 Å². The van der Waals surface area contributed by atoms with Crippen molar-refractivity contribution in [2.45, 2.75) is 33.6 Å². The molecule has 132 valence electrons. The highest BCUT2D eigenvalue weighted by atomic mass is 19.2. The Morgan fingerprint density at radius 3 is 2.29 bits per heavy atom. The SMILES string of the molecule is CC1CCN(C(=O)C(C)(C)C(=O)Nc2ccc(F)c(F)c2F)CC1. The maximum atomic E-state index is 13.7. The number of hydrogen-bond acceptors (Lipinski definition) is 2. The first kappa shape index (κ1) is 18.3. The van der Waals surface area contributed by atoms with Crippen LogP contribution < -0.4 is 5.32 Å². The fraction of sp³-hybridized carbons (Fsp3) is 0.529. The zero-order chi connectivity index (χ0) is 18.1. The van der Waals surface area contributed by atoms with Crippen molar-refractivity contribution >= 4 is 17.5 Å². The molecule has 4 nitrogen and oxygen atoms in total. The van der Waals surface area contributed by atoms with E-state index in [9.17, 15) is 22.8 Å². The lowest BCUT2D eigenvalue weighted by Crippen LogP contribution is -2.49. The van der Waals surface area contributed by atoms with Crippen LogP contribution in [-0.4, -0.2) is 29.8 Å². The van der Waals surface area contributed by atoms with E-state index in [4.69, 9.17) is 0 Å². The van der Waals surface area contributed by atoms with Gasteiger partial charge < -0.3 is 10.2 Å². The quantitative estimate of drug-likeness (QED) is 0.677. The Bertz CT molecular complexity index is 653. The van der Waals surface area contributed by atoms with Gasteiger partial charge in [-0.25, -0.2) is 13.2 Å². The van der Waals surface area contributed by atoms with Crippen molar-refractivity contribution in [1.82, 2.24) is 4.90 Å². The zero-order valence-electron chi connectivity index (χ0n) is 14.0. The minimum Gasteiger partial charge on any atom is -0.342 e. The molecule has 1 heterocycles. The minimum atomic E-state index is -1.66. The Kier molecular flexibility index (Phi) is 5.20. The van der Waals surface area contributed by atoms with Gasteiger partial charge in [0.05, 0.1) is 5.69 Å². The first-order valence-corrected chi connectivity index (χ1v) is 7.89. The summed E-state index contributed by atoms with van der Waals surface area (Å²) >= 11 is 0. The average Bonchev–Trinajstić information content (AvgIpc) is 2.55. The number of piperidine rings is 1. The second kappa shape index (κ2) is 6.83. The third-order valence-corrected chi connectivity index (χ3v) is 4.46. The summed E-state index contributed by atoms with van der Waals surface area (Å²) in [5.41, 5.74) is -1.94. The van der Waals surface area contributed by atoms with E-state index in [1.54, 1.807) is 4.90 Å². The van der Waals surface area contributed by atoms with Gasteiger partial charge in [-0.15, -0.1) is 0 Å². The second-order valence-corrected chi connectivity index (χ2v) is 6.78. The van der Waals surface area contributed by atoms with E-state index < -0.39 is 34.5 Å². The van der Waals surface area contributed by atoms with Crippen molar-refractivity contribution < 1.29 is 22.8 Å². The number of rotatable bonds is 3. The summed E-state index contributed by atoms with van der Waals surface area (Å²) < 4.78 is 39.9. The number of anilines is 1. The van der Waals surface area contributed by atoms with E-state index in [0.717, 1.165) is 25.0 Å². The predicted molar refractivity (Wildman–Crippen MR) is 83.7 cm³/mol. The normalized spacial score (nSPS) is 16.2. The van der Waals surface area contributed by atoms with Crippen molar-refractivity contribution in [3.05, 3.63) is 29.6 Å². The molecule has 1 aromatic carbocycles. The smallest absolute Gasteiger partial charge is 0.239 e. The number of benzene rings is 1. The van der Waals surface area contributed by atoms with Gasteiger partial charge in [-0.3, -0.25) is 9.59 Å². The van der Waals surface area contributed by atoms with E-state index in [2.05, 4.69) is 12.2 Å². The van der Waals surface area contributed by atoms with Gasteiger partial charge in [-0.05, 0) is 44.7 Å². The number of likely N-dealkylation sites (tertiary alicyclic amines) is 1. The number of carbonyl (C=O) groups is 2. The highest BCUT2D eigenvalue weighted by molar-refractivity contribution is 6.09. The molecule has 1 N–H and O–H groups in total. The van der Waals surface area contributed by atoms with E-state index in [-0.39, 0.29) is 5.91 Å². The molecular formula is C17H21F3N2O2. The van der Waals surface area contributed by atoms with Crippen LogP contribution >= 0.6 is 0 Å². The second-order valence-electron chi connectivity index (χ2n) is 6.78. The summed E-state index contributed by atoms with van der Waals surface area (Å²) in [5, 5.41) is 2.18. The maximum Gasteiger partial charge on any atom is 0.239 e. The summed E-state index contributed by atoms with van der Waals surface area (Å²) in [6.07, 6.45) is 1.72. The number of carbonyl (C=O) groups excluding carboxylic acids is 2. The molecule has 2 rings (SSSR count). The predicted octanol–water partition coefficient (Wildman–Crippen LogP) is 3.33. The van der Waals surface area contributed by atoms with Crippen molar-refractivity contribution in [1.29, 1.82) is 0 Å². The van der Waals surface area contributed by atoms with Crippen LogP contribution in [0.3, 0.4) is 0 Å². The van der Waals surface area contributed by atoms with Crippen LogP contribution in [0.4, 0.5) is 18.9 Å². The molecule has 1 saturated heterocycles. The van der Waals surface area contributed by atoms with Gasteiger partial charge in [0, 0.05) is 13.1 Å². The van der Waals surface area contributed by atoms with Gasteiger partial charge >= 0.3 is 0 Å². The fourth-order valence-electron chi connectivity index (χ4n) is 2.61. The Morgan fingerprint density at radius 2 is 1.71 bits per heavy atom. The van der Waals surface area contributed by atoms with Gasteiger partial charge in [-0.2, -0.15) is 0 Å². The molecule has 0 atom stereocenters. The highest BCUT2D eigenvalue weighted by Crippen LogP contribution is 2.27. The van der Waals surface area contributed by atoms with Crippen molar-refractivity contribution in [2.75, 3.05) is 18.4 Å². The number of nitrogens with one attached hydrogen (secondary N) is 1. The molecule has 0 radical (unpaired) electrons. The molecule has 1 aromatic rings. The molecule has 1 aliphatic rings. The molecule has 24 heavy (non-hydrogen) atoms. The molecule has 1 fully saturated rings. The first-order valence-electron chi connectivity index (χ1n) is 7.89. The molecular weight excluding hydrogens is 321 g/mol. The monoisotopic (exact) mass is 342 g/mol. The van der Waals surface area contributed by atoms with E-state index in [1.165, 1.54) is 13.8 Å². The summed E-state index contributed by atoms with van der Waals surface area (Å²) in [7, 11) is 0. The molecule has 7 heteroatoms. The van der Waals surface area contributed by atoms with E-state index in [1.807, 2.05) is 0 Å². The summed E-state index contributed by atoms with van der Waals surface area (Å²) in [5.74, 6) is -5.10. The van der Waals surface area contributed by atoms with Crippen LogP contribution in [0.5, 0.6) is 0 Å². The molecule has 0 aromatic heterocycles. The van der Waals surface area contributed by atoms with Crippen LogP contribution in [0.15, 0.2) is 12.1 Å². The summed E-state index contributed by atoms with van der Waals surface area (Å²) in [4.78, 5) is 26.6. The van der Waals surface area contributed by atoms with Crippen LogP contribution in [-0.2, 0) is 9.59 Å². The lowest BCUT2D eigenvalue weighted by Gasteiger charge is -2.35. The highest BCUT2D eigenvalue weighted by Gasteiger charge is 2.40. The van der Waals surface area contributed by atoms with Crippen LogP contribution in [0.2, 0.25) is 0 Å². The van der Waals surface area contributed by atoms with Gasteiger partial charge in [0.1, 0.15) is 5.41 Å². The lowest BCUT2D eigenvalue weighted by atomic mass is 9.88. The Hall–Kier alpha value is -2.05. The number of amides is 2. The largest absolute Gasteiger partial charge is 0.342 e. The molecule has 0 unspecified atom stereocenters. The standard InChI is InChI=1S/C17H21F3N2O2/c1-10-6-8-22(9-7-10)16(24)17(2,3)15(23)21-12-5-4-11(18)13(19)14(12)20/h4-5,10H,6-9H2,1-3H3,(H,21,23). The lowest BCUT2D eigenvalue weighted by molar-refractivity contribution is -0.147. The average molecular weight is 342 g/mol. The molecule has 0 bridgehead atoms. The Labute approximate surface area is 139 Å². The van der Waals surface area contributed by atoms with E-state index in [0.29, 0.717) is 19.0 Å². The molecule has 0 aliphatic carbocycles. The number of nitrogens with zero attached hydrogens (tertiary/aromatic N) is 1. The maximum absolute atomic E-state index is 13.7.